The molecule has 2 aliphatic rings. The number of rotatable bonds is 2. The fourth-order valence-electron chi connectivity index (χ4n) is 3.94. The Kier molecular flexibility index (Phi) is 3.62. The molecular formula is C16H21N3O. The van der Waals surface area contributed by atoms with Crippen LogP contribution in [0.5, 0.6) is 0 Å². The monoisotopic (exact) mass is 271 g/mol. The van der Waals surface area contributed by atoms with Crippen molar-refractivity contribution in [2.45, 2.75) is 38.2 Å². The van der Waals surface area contributed by atoms with Gasteiger partial charge in [0.2, 0.25) is 0 Å². The number of aromatic nitrogens is 1. The first-order valence-corrected chi connectivity index (χ1v) is 7.41. The number of methoxy groups -OCH3 is 1. The van der Waals surface area contributed by atoms with Gasteiger partial charge in [0.25, 0.3) is 0 Å². The third-order valence-corrected chi connectivity index (χ3v) is 4.92. The van der Waals surface area contributed by atoms with E-state index in [1.165, 1.54) is 32.1 Å². The molecule has 0 unspecified atom stereocenters. The Morgan fingerprint density at radius 2 is 2.25 bits per heavy atom. The normalized spacial score (nSPS) is 29.6. The second-order valence-electron chi connectivity index (χ2n) is 6.02. The molecule has 1 aliphatic heterocycles. The maximum atomic E-state index is 8.85. The third kappa shape index (κ3) is 2.27. The van der Waals surface area contributed by atoms with Crippen LogP contribution in [0.15, 0.2) is 18.3 Å². The smallest absolute Gasteiger partial charge is 0.128 e. The van der Waals surface area contributed by atoms with Crippen LogP contribution in [0.1, 0.15) is 37.7 Å². The Bertz CT molecular complexity index is 507. The molecule has 1 spiro atoms. The summed E-state index contributed by atoms with van der Waals surface area (Å²) in [6.07, 6.45) is 8.24. The molecule has 2 fully saturated rings. The van der Waals surface area contributed by atoms with E-state index < -0.39 is 0 Å². The van der Waals surface area contributed by atoms with Crippen LogP contribution in [0.3, 0.4) is 0 Å². The topological polar surface area (TPSA) is 49.1 Å². The average Bonchev–Trinajstić information content (AvgIpc) is 2.89. The minimum Gasteiger partial charge on any atom is -0.381 e. The highest BCUT2D eigenvalue weighted by Gasteiger charge is 2.45. The molecule has 1 aliphatic carbocycles. The number of pyridine rings is 1. The first kappa shape index (κ1) is 13.4. The zero-order valence-corrected chi connectivity index (χ0v) is 12.0. The molecule has 0 amide bonds. The first-order valence-electron chi connectivity index (χ1n) is 7.41. The van der Waals surface area contributed by atoms with Crippen molar-refractivity contribution in [1.29, 1.82) is 5.26 Å². The van der Waals surface area contributed by atoms with Gasteiger partial charge in [0.15, 0.2) is 0 Å². The van der Waals surface area contributed by atoms with Gasteiger partial charge < -0.3 is 9.64 Å². The van der Waals surface area contributed by atoms with E-state index in [1.807, 2.05) is 19.2 Å². The second kappa shape index (κ2) is 5.41. The zero-order chi connectivity index (χ0) is 14.0. The van der Waals surface area contributed by atoms with Crippen molar-refractivity contribution in [1.82, 2.24) is 4.98 Å². The van der Waals surface area contributed by atoms with Gasteiger partial charge in [-0.3, -0.25) is 0 Å². The summed E-state index contributed by atoms with van der Waals surface area (Å²) in [5.74, 6) is 0.991. The van der Waals surface area contributed by atoms with E-state index >= 15 is 0 Å². The number of nitrogens with zero attached hydrogens (tertiary/aromatic N) is 3. The summed E-state index contributed by atoms with van der Waals surface area (Å²) in [4.78, 5) is 6.80. The van der Waals surface area contributed by atoms with Gasteiger partial charge in [-0.05, 0) is 37.8 Å². The molecule has 4 heteroatoms. The summed E-state index contributed by atoms with van der Waals surface area (Å²) in [6.45, 7) is 2.08. The summed E-state index contributed by atoms with van der Waals surface area (Å²) < 4.78 is 5.74. The Morgan fingerprint density at radius 1 is 1.40 bits per heavy atom. The van der Waals surface area contributed by atoms with Crippen LogP contribution in [0.25, 0.3) is 0 Å². The van der Waals surface area contributed by atoms with E-state index in [0.717, 1.165) is 18.9 Å². The van der Waals surface area contributed by atoms with Crippen LogP contribution < -0.4 is 4.90 Å². The second-order valence-corrected chi connectivity index (χ2v) is 6.02. The van der Waals surface area contributed by atoms with Gasteiger partial charge in [0, 0.05) is 31.8 Å². The van der Waals surface area contributed by atoms with Crippen LogP contribution in [-0.2, 0) is 4.74 Å². The minimum atomic E-state index is 0.308. The summed E-state index contributed by atoms with van der Waals surface area (Å²) in [7, 11) is 1.84. The van der Waals surface area contributed by atoms with Gasteiger partial charge in [-0.15, -0.1) is 0 Å². The van der Waals surface area contributed by atoms with Gasteiger partial charge in [0.1, 0.15) is 11.9 Å². The predicted octanol–water partition coefficient (Wildman–Crippen LogP) is 2.74. The standard InChI is InChI=1S/C16H21N3O/c1-20-14-4-2-7-16(14)8-3-9-19(12-16)15-6-5-13(10-17)11-18-15/h5-6,11,14H,2-4,7-9,12H2,1H3/t14-,16-/m1/s1. The molecular weight excluding hydrogens is 250 g/mol. The Hall–Kier alpha value is -1.60. The molecule has 106 valence electrons. The molecule has 0 radical (unpaired) electrons. The van der Waals surface area contributed by atoms with Gasteiger partial charge in [-0.2, -0.15) is 5.26 Å². The van der Waals surface area contributed by atoms with Crippen LogP contribution in [0.2, 0.25) is 0 Å². The number of piperidine rings is 1. The summed E-state index contributed by atoms with van der Waals surface area (Å²) >= 11 is 0. The van der Waals surface area contributed by atoms with Gasteiger partial charge in [-0.1, -0.05) is 6.42 Å². The Balaban J connectivity index is 1.79. The van der Waals surface area contributed by atoms with Crippen molar-refractivity contribution in [2.24, 2.45) is 5.41 Å². The fourth-order valence-corrected chi connectivity index (χ4v) is 3.94. The van der Waals surface area contributed by atoms with Crippen molar-refractivity contribution >= 4 is 5.82 Å². The van der Waals surface area contributed by atoms with Crippen LogP contribution in [0, 0.1) is 16.7 Å². The summed E-state index contributed by atoms with van der Waals surface area (Å²) in [5.41, 5.74) is 0.930. The van der Waals surface area contributed by atoms with Crippen molar-refractivity contribution in [2.75, 3.05) is 25.1 Å². The van der Waals surface area contributed by atoms with E-state index in [0.29, 0.717) is 17.1 Å². The van der Waals surface area contributed by atoms with Gasteiger partial charge >= 0.3 is 0 Å². The first-order chi connectivity index (χ1) is 9.77. The molecule has 0 N–H and O–H groups in total. The van der Waals surface area contributed by atoms with Gasteiger partial charge in [0.05, 0.1) is 11.7 Å². The van der Waals surface area contributed by atoms with E-state index in [9.17, 15) is 0 Å². The molecule has 0 aromatic carbocycles. The number of ether oxygens (including phenoxy) is 1. The van der Waals surface area contributed by atoms with E-state index in [2.05, 4.69) is 16.0 Å². The van der Waals surface area contributed by atoms with Crippen molar-refractivity contribution < 1.29 is 4.74 Å². The molecule has 4 nitrogen and oxygen atoms in total. The Labute approximate surface area is 120 Å². The van der Waals surface area contributed by atoms with Crippen LogP contribution in [0.4, 0.5) is 5.82 Å². The number of hydrogen-bond donors (Lipinski definition) is 0. The lowest BCUT2D eigenvalue weighted by molar-refractivity contribution is 0.00216. The van der Waals surface area contributed by atoms with E-state index in [4.69, 9.17) is 10.00 Å². The maximum absolute atomic E-state index is 8.85. The lowest BCUT2D eigenvalue weighted by Crippen LogP contribution is -2.48. The fraction of sp³-hybridized carbons (Fsp3) is 0.625. The minimum absolute atomic E-state index is 0.308. The molecule has 1 saturated heterocycles. The molecule has 2 heterocycles. The zero-order valence-electron chi connectivity index (χ0n) is 12.0. The Morgan fingerprint density at radius 3 is 2.95 bits per heavy atom. The SMILES string of the molecule is CO[C@@H]1CCC[C@]12CCCN(c1ccc(C#N)cn1)C2. The third-order valence-electron chi connectivity index (χ3n) is 4.92. The molecule has 20 heavy (non-hydrogen) atoms. The molecule has 0 bridgehead atoms. The van der Waals surface area contributed by atoms with Crippen LogP contribution >= 0.6 is 0 Å². The summed E-state index contributed by atoms with van der Waals surface area (Å²) in [6, 6.07) is 5.94. The molecule has 1 aromatic heterocycles. The summed E-state index contributed by atoms with van der Waals surface area (Å²) in [5, 5.41) is 8.85. The lowest BCUT2D eigenvalue weighted by atomic mass is 9.76. The van der Waals surface area contributed by atoms with Gasteiger partial charge in [-0.25, -0.2) is 4.98 Å². The highest BCUT2D eigenvalue weighted by atomic mass is 16.5. The van der Waals surface area contributed by atoms with Crippen molar-refractivity contribution in [3.05, 3.63) is 23.9 Å². The predicted molar refractivity (Wildman–Crippen MR) is 77.5 cm³/mol. The average molecular weight is 271 g/mol. The van der Waals surface area contributed by atoms with Crippen molar-refractivity contribution in [3.8, 4) is 6.07 Å². The van der Waals surface area contributed by atoms with E-state index in [-0.39, 0.29) is 0 Å². The largest absolute Gasteiger partial charge is 0.381 e. The maximum Gasteiger partial charge on any atom is 0.128 e. The van der Waals surface area contributed by atoms with Crippen molar-refractivity contribution in [3.63, 3.8) is 0 Å². The number of hydrogen-bond acceptors (Lipinski definition) is 4. The highest BCUT2D eigenvalue weighted by Crippen LogP contribution is 2.46. The molecule has 3 rings (SSSR count). The number of anilines is 1. The quantitative estimate of drug-likeness (QED) is 0.830. The number of nitriles is 1. The molecule has 2 atom stereocenters. The van der Waals surface area contributed by atoms with Crippen LogP contribution in [-0.4, -0.2) is 31.3 Å². The van der Waals surface area contributed by atoms with E-state index in [1.54, 1.807) is 6.20 Å². The molecule has 1 saturated carbocycles. The highest BCUT2D eigenvalue weighted by molar-refractivity contribution is 5.42. The molecule has 1 aromatic rings. The lowest BCUT2D eigenvalue weighted by Gasteiger charge is -2.44.